The van der Waals surface area contributed by atoms with E-state index in [0.29, 0.717) is 6.04 Å². The van der Waals surface area contributed by atoms with Gasteiger partial charge in [-0.15, -0.1) is 0 Å². The predicted octanol–water partition coefficient (Wildman–Crippen LogP) is 2.20. The fourth-order valence-electron chi connectivity index (χ4n) is 2.78. The van der Waals surface area contributed by atoms with Crippen LogP contribution in [0.15, 0.2) is 30.5 Å². The third kappa shape index (κ3) is 3.14. The molecule has 4 heteroatoms. The second-order valence-electron chi connectivity index (χ2n) is 5.44. The van der Waals surface area contributed by atoms with E-state index in [2.05, 4.69) is 27.1 Å². The minimum atomic E-state index is 0.617. The Balaban J connectivity index is 1.57. The highest BCUT2D eigenvalue weighted by atomic mass is 15.1. The van der Waals surface area contributed by atoms with E-state index in [-0.39, 0.29) is 0 Å². The number of nitrogens with one attached hydrogen (secondary N) is 1. The van der Waals surface area contributed by atoms with Crippen molar-refractivity contribution in [1.29, 1.82) is 0 Å². The summed E-state index contributed by atoms with van der Waals surface area (Å²) in [5.74, 6) is 0. The average molecular weight is 270 g/mol. The number of nitrogens with zero attached hydrogens (tertiary/aromatic N) is 3. The molecule has 0 saturated carbocycles. The molecular formula is C16H22N4. The fourth-order valence-corrected chi connectivity index (χ4v) is 2.78. The Hall–Kier alpha value is -1.52. The molecule has 1 fully saturated rings. The smallest absolute Gasteiger partial charge is 0.0890 e. The first-order valence-electron chi connectivity index (χ1n) is 7.51. The Kier molecular flexibility index (Phi) is 4.23. The van der Waals surface area contributed by atoms with E-state index >= 15 is 0 Å². The van der Waals surface area contributed by atoms with Crippen molar-refractivity contribution >= 4 is 11.0 Å². The standard InChI is InChI=1S/C16H22N4/c1-2-20-9-7-13(8-10-20)17-11-14-12-18-15-5-3-4-6-16(15)19-14/h3-6,12-13,17H,2,7-11H2,1H3. The van der Waals surface area contributed by atoms with Crippen LogP contribution < -0.4 is 5.32 Å². The van der Waals surface area contributed by atoms with Crippen LogP contribution in [0, 0.1) is 0 Å². The molecule has 0 spiro atoms. The van der Waals surface area contributed by atoms with Gasteiger partial charge in [-0.1, -0.05) is 19.1 Å². The molecule has 1 aliphatic heterocycles. The minimum Gasteiger partial charge on any atom is -0.308 e. The normalized spacial score (nSPS) is 17.6. The number of rotatable bonds is 4. The number of hydrogen-bond acceptors (Lipinski definition) is 4. The number of aromatic nitrogens is 2. The summed E-state index contributed by atoms with van der Waals surface area (Å²) in [5, 5.41) is 3.62. The molecule has 1 saturated heterocycles. The van der Waals surface area contributed by atoms with Gasteiger partial charge in [0.05, 0.1) is 22.9 Å². The van der Waals surface area contributed by atoms with E-state index in [9.17, 15) is 0 Å². The van der Waals surface area contributed by atoms with Crippen molar-refractivity contribution in [1.82, 2.24) is 20.2 Å². The van der Waals surface area contributed by atoms with Crippen LogP contribution in [0.4, 0.5) is 0 Å². The molecule has 1 aromatic carbocycles. The van der Waals surface area contributed by atoms with Crippen LogP contribution >= 0.6 is 0 Å². The minimum absolute atomic E-state index is 0.617. The Morgan fingerprint density at radius 3 is 2.70 bits per heavy atom. The van der Waals surface area contributed by atoms with E-state index in [1.165, 1.54) is 32.5 Å². The van der Waals surface area contributed by atoms with E-state index in [4.69, 9.17) is 0 Å². The lowest BCUT2D eigenvalue weighted by Crippen LogP contribution is -2.42. The number of para-hydroxylation sites is 2. The van der Waals surface area contributed by atoms with Gasteiger partial charge in [0.25, 0.3) is 0 Å². The summed E-state index contributed by atoms with van der Waals surface area (Å²) in [6.45, 7) is 6.63. The molecule has 1 aliphatic rings. The SMILES string of the molecule is CCN1CCC(NCc2cnc3ccccc3n2)CC1. The summed E-state index contributed by atoms with van der Waals surface area (Å²) < 4.78 is 0. The van der Waals surface area contributed by atoms with Crippen LogP contribution in [0.5, 0.6) is 0 Å². The highest BCUT2D eigenvalue weighted by Gasteiger charge is 2.17. The van der Waals surface area contributed by atoms with Crippen molar-refractivity contribution in [2.75, 3.05) is 19.6 Å². The highest BCUT2D eigenvalue weighted by molar-refractivity contribution is 5.73. The molecule has 2 aromatic rings. The van der Waals surface area contributed by atoms with Gasteiger partial charge in [-0.2, -0.15) is 0 Å². The van der Waals surface area contributed by atoms with Crippen LogP contribution in [0.25, 0.3) is 11.0 Å². The predicted molar refractivity (Wildman–Crippen MR) is 81.5 cm³/mol. The van der Waals surface area contributed by atoms with Crippen LogP contribution in [-0.4, -0.2) is 40.5 Å². The zero-order chi connectivity index (χ0) is 13.8. The largest absolute Gasteiger partial charge is 0.308 e. The van der Waals surface area contributed by atoms with Crippen molar-refractivity contribution in [3.63, 3.8) is 0 Å². The molecule has 0 aliphatic carbocycles. The Morgan fingerprint density at radius 2 is 1.95 bits per heavy atom. The third-order valence-corrected chi connectivity index (χ3v) is 4.11. The topological polar surface area (TPSA) is 41.0 Å². The molecule has 0 radical (unpaired) electrons. The summed E-state index contributed by atoms with van der Waals surface area (Å²) in [6.07, 6.45) is 4.35. The monoisotopic (exact) mass is 270 g/mol. The van der Waals surface area contributed by atoms with Crippen LogP contribution in [-0.2, 0) is 6.54 Å². The summed E-state index contributed by atoms with van der Waals surface area (Å²) in [6, 6.07) is 8.64. The van der Waals surface area contributed by atoms with Crippen molar-refractivity contribution in [2.24, 2.45) is 0 Å². The molecule has 4 nitrogen and oxygen atoms in total. The number of piperidine rings is 1. The van der Waals surface area contributed by atoms with Gasteiger partial charge in [-0.05, 0) is 44.6 Å². The molecule has 2 heterocycles. The maximum atomic E-state index is 4.66. The molecule has 0 amide bonds. The first-order valence-corrected chi connectivity index (χ1v) is 7.51. The van der Waals surface area contributed by atoms with Crippen LogP contribution in [0.2, 0.25) is 0 Å². The molecule has 1 N–H and O–H groups in total. The van der Waals surface area contributed by atoms with Gasteiger partial charge in [-0.3, -0.25) is 4.98 Å². The first kappa shape index (κ1) is 13.5. The molecule has 1 aromatic heterocycles. The zero-order valence-electron chi connectivity index (χ0n) is 12.0. The second kappa shape index (κ2) is 6.29. The number of benzene rings is 1. The number of likely N-dealkylation sites (tertiary alicyclic amines) is 1. The number of fused-ring (bicyclic) bond motifs is 1. The molecule has 20 heavy (non-hydrogen) atoms. The van der Waals surface area contributed by atoms with E-state index in [1.54, 1.807) is 0 Å². The van der Waals surface area contributed by atoms with Crippen molar-refractivity contribution in [2.45, 2.75) is 32.4 Å². The molecule has 0 atom stereocenters. The van der Waals surface area contributed by atoms with Gasteiger partial charge in [0.15, 0.2) is 0 Å². The van der Waals surface area contributed by atoms with Gasteiger partial charge >= 0.3 is 0 Å². The summed E-state index contributed by atoms with van der Waals surface area (Å²) in [7, 11) is 0. The average Bonchev–Trinajstić information content (AvgIpc) is 2.53. The second-order valence-corrected chi connectivity index (χ2v) is 5.44. The highest BCUT2D eigenvalue weighted by Crippen LogP contribution is 2.11. The summed E-state index contributed by atoms with van der Waals surface area (Å²) in [4.78, 5) is 11.6. The lowest BCUT2D eigenvalue weighted by atomic mass is 10.1. The van der Waals surface area contributed by atoms with Crippen molar-refractivity contribution in [3.05, 3.63) is 36.2 Å². The van der Waals surface area contributed by atoms with Gasteiger partial charge in [0, 0.05) is 12.6 Å². The lowest BCUT2D eigenvalue weighted by molar-refractivity contribution is 0.205. The summed E-state index contributed by atoms with van der Waals surface area (Å²) >= 11 is 0. The van der Waals surface area contributed by atoms with E-state index in [0.717, 1.165) is 23.3 Å². The fraction of sp³-hybridized carbons (Fsp3) is 0.500. The molecule has 106 valence electrons. The molecular weight excluding hydrogens is 248 g/mol. The van der Waals surface area contributed by atoms with Gasteiger partial charge in [-0.25, -0.2) is 4.98 Å². The quantitative estimate of drug-likeness (QED) is 0.925. The first-order chi connectivity index (χ1) is 9.85. The van der Waals surface area contributed by atoms with Gasteiger partial charge < -0.3 is 10.2 Å². The maximum absolute atomic E-state index is 4.66. The lowest BCUT2D eigenvalue weighted by Gasteiger charge is -2.31. The van der Waals surface area contributed by atoms with Crippen LogP contribution in [0.1, 0.15) is 25.5 Å². The zero-order valence-corrected chi connectivity index (χ0v) is 12.0. The molecule has 0 unspecified atom stereocenters. The molecule has 3 rings (SSSR count). The Bertz CT molecular complexity index is 561. The van der Waals surface area contributed by atoms with Crippen molar-refractivity contribution in [3.8, 4) is 0 Å². The Labute approximate surface area is 120 Å². The molecule has 0 bridgehead atoms. The third-order valence-electron chi connectivity index (χ3n) is 4.11. The van der Waals surface area contributed by atoms with Gasteiger partial charge in [0.1, 0.15) is 0 Å². The van der Waals surface area contributed by atoms with Crippen molar-refractivity contribution < 1.29 is 0 Å². The summed E-state index contributed by atoms with van der Waals surface area (Å²) in [5.41, 5.74) is 2.97. The Morgan fingerprint density at radius 1 is 1.20 bits per heavy atom. The van der Waals surface area contributed by atoms with Crippen LogP contribution in [0.3, 0.4) is 0 Å². The maximum Gasteiger partial charge on any atom is 0.0890 e. The van der Waals surface area contributed by atoms with Gasteiger partial charge in [0.2, 0.25) is 0 Å². The van der Waals surface area contributed by atoms with E-state index < -0.39 is 0 Å². The number of hydrogen-bond donors (Lipinski definition) is 1. The van der Waals surface area contributed by atoms with E-state index in [1.807, 2.05) is 30.5 Å².